The molecule has 1 unspecified atom stereocenters. The van der Waals surface area contributed by atoms with E-state index in [9.17, 15) is 14.4 Å². The maximum Gasteiger partial charge on any atom is 0.338 e. The number of para-hydroxylation sites is 1. The van der Waals surface area contributed by atoms with Gasteiger partial charge < -0.3 is 19.9 Å². The number of carbonyl (C=O) groups is 3. The number of aliphatic imine (C=N–C) groups is 1. The molecule has 2 aliphatic rings. The van der Waals surface area contributed by atoms with Crippen molar-refractivity contribution in [2.24, 2.45) is 4.99 Å². The van der Waals surface area contributed by atoms with Crippen molar-refractivity contribution in [3.05, 3.63) is 60.2 Å². The first-order chi connectivity index (χ1) is 16.0. The molecule has 172 valence electrons. The first-order valence-corrected chi connectivity index (χ1v) is 11.0. The summed E-state index contributed by atoms with van der Waals surface area (Å²) in [4.78, 5) is 45.7. The monoisotopic (exact) mass is 449 g/mol. The first-order valence-electron chi connectivity index (χ1n) is 11.0. The SMILES string of the molecule is CCOC(=O)c1ccc(NC(=O)C2CC(=O)NC(N3CCN(c4ccccc4)CC3)=N2)cc1. The zero-order chi connectivity index (χ0) is 23.2. The molecule has 0 spiro atoms. The number of esters is 1. The highest BCUT2D eigenvalue weighted by atomic mass is 16.5. The summed E-state index contributed by atoms with van der Waals surface area (Å²) in [6.07, 6.45) is -0.0137. The molecule has 0 aliphatic carbocycles. The Balaban J connectivity index is 1.37. The lowest BCUT2D eigenvalue weighted by atomic mass is 10.1. The van der Waals surface area contributed by atoms with Crippen molar-refractivity contribution in [1.82, 2.24) is 10.2 Å². The Labute approximate surface area is 192 Å². The van der Waals surface area contributed by atoms with Gasteiger partial charge in [0.2, 0.25) is 17.8 Å². The van der Waals surface area contributed by atoms with Gasteiger partial charge in [-0.05, 0) is 43.3 Å². The lowest BCUT2D eigenvalue weighted by Crippen LogP contribution is -2.56. The van der Waals surface area contributed by atoms with E-state index < -0.39 is 12.0 Å². The Kier molecular flexibility index (Phi) is 6.87. The molecule has 33 heavy (non-hydrogen) atoms. The van der Waals surface area contributed by atoms with Crippen LogP contribution in [0.5, 0.6) is 0 Å². The summed E-state index contributed by atoms with van der Waals surface area (Å²) in [5, 5.41) is 5.59. The molecule has 9 nitrogen and oxygen atoms in total. The fraction of sp³-hybridized carbons (Fsp3) is 0.333. The van der Waals surface area contributed by atoms with Gasteiger partial charge in [0.05, 0.1) is 18.6 Å². The summed E-state index contributed by atoms with van der Waals surface area (Å²) in [7, 11) is 0. The zero-order valence-corrected chi connectivity index (χ0v) is 18.5. The number of nitrogens with zero attached hydrogens (tertiary/aromatic N) is 3. The number of ether oxygens (including phenoxy) is 1. The number of carbonyl (C=O) groups excluding carboxylic acids is 3. The van der Waals surface area contributed by atoms with E-state index in [2.05, 4.69) is 32.7 Å². The van der Waals surface area contributed by atoms with Gasteiger partial charge in [0.15, 0.2) is 0 Å². The summed E-state index contributed by atoms with van der Waals surface area (Å²) in [5.41, 5.74) is 2.09. The van der Waals surface area contributed by atoms with E-state index in [0.717, 1.165) is 18.8 Å². The third kappa shape index (κ3) is 5.49. The molecular formula is C24H27N5O4. The second-order valence-electron chi connectivity index (χ2n) is 7.82. The molecule has 0 aromatic heterocycles. The van der Waals surface area contributed by atoms with Gasteiger partial charge in [0.25, 0.3) is 0 Å². The molecule has 1 atom stereocenters. The number of hydrogen-bond acceptors (Lipinski definition) is 7. The van der Waals surface area contributed by atoms with Gasteiger partial charge in [-0.15, -0.1) is 0 Å². The van der Waals surface area contributed by atoms with Crippen molar-refractivity contribution in [2.45, 2.75) is 19.4 Å². The second kappa shape index (κ2) is 10.2. The molecule has 1 fully saturated rings. The highest BCUT2D eigenvalue weighted by molar-refractivity contribution is 6.06. The van der Waals surface area contributed by atoms with Crippen LogP contribution in [0.4, 0.5) is 11.4 Å². The highest BCUT2D eigenvalue weighted by Gasteiger charge is 2.30. The summed E-state index contributed by atoms with van der Waals surface area (Å²) < 4.78 is 4.96. The van der Waals surface area contributed by atoms with E-state index >= 15 is 0 Å². The molecule has 0 bridgehead atoms. The zero-order valence-electron chi connectivity index (χ0n) is 18.5. The van der Waals surface area contributed by atoms with E-state index in [1.165, 1.54) is 0 Å². The van der Waals surface area contributed by atoms with Crippen molar-refractivity contribution >= 4 is 35.1 Å². The Morgan fingerprint density at radius 3 is 2.36 bits per heavy atom. The molecular weight excluding hydrogens is 422 g/mol. The van der Waals surface area contributed by atoms with E-state index in [4.69, 9.17) is 4.74 Å². The number of piperazine rings is 1. The lowest BCUT2D eigenvalue weighted by molar-refractivity contribution is -0.125. The van der Waals surface area contributed by atoms with E-state index in [0.29, 0.717) is 36.9 Å². The van der Waals surface area contributed by atoms with Crippen molar-refractivity contribution in [1.29, 1.82) is 0 Å². The quantitative estimate of drug-likeness (QED) is 0.676. The van der Waals surface area contributed by atoms with Gasteiger partial charge in [0.1, 0.15) is 6.04 Å². The Morgan fingerprint density at radius 1 is 1.03 bits per heavy atom. The van der Waals surface area contributed by atoms with Crippen molar-refractivity contribution in [3.8, 4) is 0 Å². The Hall–Kier alpha value is -3.88. The summed E-state index contributed by atoms with van der Waals surface area (Å²) in [5.74, 6) is -0.574. The van der Waals surface area contributed by atoms with Crippen LogP contribution in [0, 0.1) is 0 Å². The maximum atomic E-state index is 12.8. The van der Waals surface area contributed by atoms with Gasteiger partial charge in [-0.3, -0.25) is 14.9 Å². The predicted octanol–water partition coefficient (Wildman–Crippen LogP) is 1.87. The molecule has 0 radical (unpaired) electrons. The fourth-order valence-electron chi connectivity index (χ4n) is 3.83. The van der Waals surface area contributed by atoms with Gasteiger partial charge >= 0.3 is 5.97 Å². The van der Waals surface area contributed by atoms with Crippen LogP contribution >= 0.6 is 0 Å². The number of benzene rings is 2. The van der Waals surface area contributed by atoms with Crippen LogP contribution in [-0.2, 0) is 14.3 Å². The number of hydrogen-bond donors (Lipinski definition) is 2. The predicted molar refractivity (Wildman–Crippen MR) is 125 cm³/mol. The van der Waals surface area contributed by atoms with Crippen LogP contribution in [-0.4, -0.2) is 67.5 Å². The molecule has 2 amide bonds. The molecule has 2 aromatic carbocycles. The molecule has 0 saturated carbocycles. The van der Waals surface area contributed by atoms with Crippen LogP contribution in [0.25, 0.3) is 0 Å². The van der Waals surface area contributed by atoms with Crippen molar-refractivity contribution in [2.75, 3.05) is 43.0 Å². The topological polar surface area (TPSA) is 103 Å². The first kappa shape index (κ1) is 22.3. The van der Waals surface area contributed by atoms with Gasteiger partial charge in [-0.25, -0.2) is 9.79 Å². The Bertz CT molecular complexity index is 1030. The van der Waals surface area contributed by atoms with E-state index in [1.807, 2.05) is 23.1 Å². The van der Waals surface area contributed by atoms with Crippen molar-refractivity contribution < 1.29 is 19.1 Å². The lowest BCUT2D eigenvalue weighted by Gasteiger charge is -2.38. The van der Waals surface area contributed by atoms with Crippen molar-refractivity contribution in [3.63, 3.8) is 0 Å². The summed E-state index contributed by atoms with van der Waals surface area (Å²) in [6.45, 7) is 5.01. The summed E-state index contributed by atoms with van der Waals surface area (Å²) in [6, 6.07) is 15.8. The minimum absolute atomic E-state index is 0.0137. The average molecular weight is 450 g/mol. The molecule has 9 heteroatoms. The normalized spacial score (nSPS) is 18.3. The third-order valence-corrected chi connectivity index (χ3v) is 5.57. The van der Waals surface area contributed by atoms with E-state index in [1.54, 1.807) is 31.2 Å². The molecule has 2 aromatic rings. The second-order valence-corrected chi connectivity index (χ2v) is 7.82. The number of guanidine groups is 1. The van der Waals surface area contributed by atoms with Gasteiger partial charge in [0, 0.05) is 37.6 Å². The van der Waals surface area contributed by atoms with Gasteiger partial charge in [-0.1, -0.05) is 18.2 Å². The summed E-state index contributed by atoms with van der Waals surface area (Å²) >= 11 is 0. The maximum absolute atomic E-state index is 12.8. The van der Waals surface area contributed by atoms with Gasteiger partial charge in [-0.2, -0.15) is 0 Å². The minimum Gasteiger partial charge on any atom is -0.462 e. The highest BCUT2D eigenvalue weighted by Crippen LogP contribution is 2.17. The minimum atomic E-state index is -0.814. The van der Waals surface area contributed by atoms with Crippen LogP contribution in [0.15, 0.2) is 59.6 Å². The standard InChI is InChI=1S/C24H27N5O4/c1-2-33-23(32)17-8-10-18(11-9-17)25-22(31)20-16-21(30)27-24(26-20)29-14-12-28(13-15-29)19-6-4-3-5-7-19/h3-11,20H,2,12-16H2,1H3,(H,25,31)(H,26,27,30). The van der Waals surface area contributed by atoms with Crippen LogP contribution < -0.4 is 15.5 Å². The fourth-order valence-corrected chi connectivity index (χ4v) is 3.83. The van der Waals surface area contributed by atoms with Crippen LogP contribution in [0.2, 0.25) is 0 Å². The molecule has 4 rings (SSSR count). The molecule has 2 heterocycles. The van der Waals surface area contributed by atoms with E-state index in [-0.39, 0.29) is 18.2 Å². The smallest absolute Gasteiger partial charge is 0.338 e. The number of amides is 2. The largest absolute Gasteiger partial charge is 0.462 e. The number of rotatable bonds is 5. The Morgan fingerprint density at radius 2 is 1.70 bits per heavy atom. The number of nitrogens with one attached hydrogen (secondary N) is 2. The molecule has 2 aliphatic heterocycles. The average Bonchev–Trinajstić information content (AvgIpc) is 2.85. The van der Waals surface area contributed by atoms with Crippen LogP contribution in [0.3, 0.4) is 0 Å². The third-order valence-electron chi connectivity index (χ3n) is 5.57. The van der Waals surface area contributed by atoms with Crippen LogP contribution in [0.1, 0.15) is 23.7 Å². The molecule has 2 N–H and O–H groups in total. The molecule has 1 saturated heterocycles. The number of anilines is 2.